The van der Waals surface area contributed by atoms with Crippen LogP contribution in [0.25, 0.3) is 98.1 Å². The highest BCUT2D eigenvalue weighted by atomic mass is 16.3. The Bertz CT molecular complexity index is 3270. The molecular formula is C44H26O. The first-order valence-corrected chi connectivity index (χ1v) is 14.8. The number of furan rings is 1. The Morgan fingerprint density at radius 1 is 0.378 bits per heavy atom. The van der Waals surface area contributed by atoms with Crippen LogP contribution in [0.5, 0.6) is 0 Å². The number of hydrogen-bond donors (Lipinski definition) is 0. The largest absolute Gasteiger partial charge is 0.456 e. The summed E-state index contributed by atoms with van der Waals surface area (Å²) in [6.07, 6.45) is 0. The Hall–Kier alpha value is -5.92. The fraction of sp³-hybridized carbons (Fsp3) is 0. The molecule has 45 heavy (non-hydrogen) atoms. The lowest BCUT2D eigenvalue weighted by Crippen LogP contribution is -1.92. The van der Waals surface area contributed by atoms with Crippen LogP contribution in [0.3, 0.4) is 0 Å². The summed E-state index contributed by atoms with van der Waals surface area (Å²) < 4.78 is 86.1. The highest BCUT2D eigenvalue weighted by molar-refractivity contribution is 6.28. The van der Waals surface area contributed by atoms with Gasteiger partial charge in [0.1, 0.15) is 11.2 Å². The standard InChI is InChI=1S/C44H26O/c1-2-13-29-26-41-39(25-28(29)12-1)44-38(21-10-22-40(44)45-41)43-36-17-7-5-15-34(36)42(35-16-6-8-18-37(35)43)33-20-9-19-31-30-14-4-3-11-27(30)23-24-32(31)33/h1-26H/i1D,2D,10D,12D,13D,21D,22D,25D,26D. The fourth-order valence-electron chi connectivity index (χ4n) is 7.05. The molecule has 0 aliphatic carbocycles. The molecule has 0 aliphatic rings. The molecule has 10 aromatic rings. The second kappa shape index (κ2) is 9.29. The van der Waals surface area contributed by atoms with Crippen molar-refractivity contribution in [1.29, 1.82) is 0 Å². The van der Waals surface area contributed by atoms with Gasteiger partial charge >= 0.3 is 0 Å². The average molecular weight is 580 g/mol. The molecule has 0 saturated heterocycles. The molecular weight excluding hydrogens is 544 g/mol. The zero-order valence-electron chi connectivity index (χ0n) is 32.7. The lowest BCUT2D eigenvalue weighted by molar-refractivity contribution is 0.669. The molecule has 1 nitrogen and oxygen atoms in total. The molecule has 0 amide bonds. The summed E-state index contributed by atoms with van der Waals surface area (Å²) in [5.41, 5.74) is 2.64. The summed E-state index contributed by atoms with van der Waals surface area (Å²) in [7, 11) is 0. The van der Waals surface area contributed by atoms with Gasteiger partial charge in [-0.3, -0.25) is 0 Å². The van der Waals surface area contributed by atoms with Crippen LogP contribution < -0.4 is 0 Å². The zero-order chi connectivity index (χ0) is 37.3. The van der Waals surface area contributed by atoms with Crippen LogP contribution in [-0.2, 0) is 0 Å². The van der Waals surface area contributed by atoms with Crippen molar-refractivity contribution in [2.45, 2.75) is 0 Å². The van der Waals surface area contributed by atoms with Crippen molar-refractivity contribution < 1.29 is 16.8 Å². The summed E-state index contributed by atoms with van der Waals surface area (Å²) >= 11 is 0. The molecule has 208 valence electrons. The Labute approximate surface area is 272 Å². The first-order valence-electron chi connectivity index (χ1n) is 19.3. The van der Waals surface area contributed by atoms with Crippen LogP contribution in [-0.4, -0.2) is 0 Å². The number of rotatable bonds is 2. The lowest BCUT2D eigenvalue weighted by atomic mass is 9.83. The van der Waals surface area contributed by atoms with Crippen molar-refractivity contribution in [2.75, 3.05) is 0 Å². The van der Waals surface area contributed by atoms with Crippen LogP contribution >= 0.6 is 0 Å². The predicted molar refractivity (Wildman–Crippen MR) is 192 cm³/mol. The van der Waals surface area contributed by atoms with Gasteiger partial charge in [0.15, 0.2) is 0 Å². The van der Waals surface area contributed by atoms with E-state index in [0.717, 1.165) is 54.2 Å². The van der Waals surface area contributed by atoms with Crippen molar-refractivity contribution >= 4 is 75.8 Å². The summed E-state index contributed by atoms with van der Waals surface area (Å²) in [5.74, 6) is 0. The zero-order valence-corrected chi connectivity index (χ0v) is 23.7. The van der Waals surface area contributed by atoms with Gasteiger partial charge in [-0.25, -0.2) is 0 Å². The van der Waals surface area contributed by atoms with E-state index in [1.54, 1.807) is 0 Å². The maximum Gasteiger partial charge on any atom is 0.136 e. The SMILES string of the molecule is [2H]c1c([2H])c(-c2c3ccccc3c(-c3cccc4c3ccc3ccccc34)c3ccccc23)c2c(oc3c([2H])c4c([2H])c([2H])c([2H])c([2H])c4c([2H])c32)c1[2H]. The molecule has 0 unspecified atom stereocenters. The topological polar surface area (TPSA) is 13.1 Å². The van der Waals surface area contributed by atoms with E-state index in [4.69, 9.17) is 14.0 Å². The quantitative estimate of drug-likeness (QED) is 0.147. The molecule has 1 aromatic heterocycles. The minimum absolute atomic E-state index is 0.0581. The van der Waals surface area contributed by atoms with Gasteiger partial charge in [-0.05, 0) is 94.2 Å². The number of benzene rings is 9. The van der Waals surface area contributed by atoms with Crippen LogP contribution in [0, 0.1) is 0 Å². The number of hydrogen-bond acceptors (Lipinski definition) is 1. The van der Waals surface area contributed by atoms with E-state index in [0.29, 0.717) is 5.56 Å². The molecule has 10 rings (SSSR count). The third-order valence-electron chi connectivity index (χ3n) is 8.94. The molecule has 0 radical (unpaired) electrons. The molecule has 1 heterocycles. The third kappa shape index (κ3) is 3.50. The summed E-state index contributed by atoms with van der Waals surface area (Å²) in [6.45, 7) is 0. The van der Waals surface area contributed by atoms with Crippen molar-refractivity contribution in [3.8, 4) is 22.3 Å². The molecule has 0 aliphatic heterocycles. The Morgan fingerprint density at radius 2 is 1.00 bits per heavy atom. The van der Waals surface area contributed by atoms with Gasteiger partial charge < -0.3 is 4.42 Å². The summed E-state index contributed by atoms with van der Waals surface area (Å²) in [4.78, 5) is 0. The maximum absolute atomic E-state index is 9.47. The summed E-state index contributed by atoms with van der Waals surface area (Å²) in [6, 6.07) is 31.0. The van der Waals surface area contributed by atoms with Gasteiger partial charge in [0.2, 0.25) is 0 Å². The van der Waals surface area contributed by atoms with E-state index in [1.807, 2.05) is 60.7 Å². The highest BCUT2D eigenvalue weighted by Crippen LogP contribution is 2.48. The molecule has 9 aromatic carbocycles. The smallest absolute Gasteiger partial charge is 0.136 e. The molecule has 0 fully saturated rings. The fourth-order valence-corrected chi connectivity index (χ4v) is 7.05. The van der Waals surface area contributed by atoms with Crippen LogP contribution in [0.15, 0.2) is 162 Å². The average Bonchev–Trinajstić information content (AvgIpc) is 3.60. The molecule has 1 heteroatoms. The van der Waals surface area contributed by atoms with Gasteiger partial charge in [0.25, 0.3) is 0 Å². The monoisotopic (exact) mass is 579 g/mol. The molecule has 0 saturated carbocycles. The van der Waals surface area contributed by atoms with Crippen molar-refractivity contribution in [1.82, 2.24) is 0 Å². The Kier molecular flexibility index (Phi) is 3.59. The van der Waals surface area contributed by atoms with E-state index in [2.05, 4.69) is 42.5 Å². The number of fused-ring (bicyclic) bond motifs is 9. The van der Waals surface area contributed by atoms with Gasteiger partial charge in [0.05, 0.1) is 12.3 Å². The molecule has 0 bridgehead atoms. The van der Waals surface area contributed by atoms with Crippen LogP contribution in [0.4, 0.5) is 0 Å². The molecule has 0 N–H and O–H groups in total. The van der Waals surface area contributed by atoms with Crippen molar-refractivity contribution in [3.63, 3.8) is 0 Å². The van der Waals surface area contributed by atoms with Crippen molar-refractivity contribution in [2.24, 2.45) is 0 Å². The second-order valence-corrected chi connectivity index (χ2v) is 11.3. The normalized spacial score (nSPS) is 14.8. The summed E-state index contributed by atoms with van der Waals surface area (Å²) in [5, 5.41) is 7.73. The van der Waals surface area contributed by atoms with Crippen molar-refractivity contribution in [3.05, 3.63) is 158 Å². The van der Waals surface area contributed by atoms with Gasteiger partial charge in [-0.1, -0.05) is 139 Å². The predicted octanol–water partition coefficient (Wildman–Crippen LogP) is 12.7. The molecule has 0 spiro atoms. The van der Waals surface area contributed by atoms with Gasteiger partial charge in [0, 0.05) is 10.8 Å². The van der Waals surface area contributed by atoms with Crippen LogP contribution in [0.2, 0.25) is 0 Å². The molecule has 0 atom stereocenters. The first-order chi connectivity index (χ1) is 26.1. The van der Waals surface area contributed by atoms with E-state index >= 15 is 0 Å². The Balaban J connectivity index is 1.42. The van der Waals surface area contributed by atoms with E-state index in [1.165, 1.54) is 0 Å². The second-order valence-electron chi connectivity index (χ2n) is 11.3. The first kappa shape index (κ1) is 17.4. The van der Waals surface area contributed by atoms with E-state index in [-0.39, 0.29) is 68.5 Å². The van der Waals surface area contributed by atoms with Crippen LogP contribution in [0.1, 0.15) is 12.3 Å². The van der Waals surface area contributed by atoms with E-state index in [9.17, 15) is 2.74 Å². The van der Waals surface area contributed by atoms with Gasteiger partial charge in [-0.15, -0.1) is 0 Å². The third-order valence-corrected chi connectivity index (χ3v) is 8.94. The van der Waals surface area contributed by atoms with E-state index < -0.39 is 24.2 Å². The minimum atomic E-state index is -0.531. The maximum atomic E-state index is 9.47. The minimum Gasteiger partial charge on any atom is -0.456 e. The Morgan fingerprint density at radius 3 is 1.73 bits per heavy atom. The highest BCUT2D eigenvalue weighted by Gasteiger charge is 2.21. The van der Waals surface area contributed by atoms with Gasteiger partial charge in [-0.2, -0.15) is 0 Å². The lowest BCUT2D eigenvalue weighted by Gasteiger charge is -2.19.